The van der Waals surface area contributed by atoms with E-state index in [2.05, 4.69) is 26.2 Å². The average Bonchev–Trinajstić information content (AvgIpc) is 3.16. The molecule has 9 heteroatoms. The van der Waals surface area contributed by atoms with Gasteiger partial charge in [0, 0.05) is 19.2 Å². The summed E-state index contributed by atoms with van der Waals surface area (Å²) < 4.78 is 1.68. The van der Waals surface area contributed by atoms with E-state index in [0.29, 0.717) is 18.2 Å². The van der Waals surface area contributed by atoms with Crippen LogP contribution in [0, 0.1) is 13.8 Å². The Hall–Kier alpha value is -3.20. The number of thioether (sulfide) groups is 1. The lowest BCUT2D eigenvalue weighted by Crippen LogP contribution is -2.25. The average molecular weight is 425 g/mol. The second-order valence-electron chi connectivity index (χ2n) is 6.89. The Morgan fingerprint density at radius 1 is 1.10 bits per heavy atom. The summed E-state index contributed by atoms with van der Waals surface area (Å²) in [6.07, 6.45) is 0. The number of tetrazole rings is 1. The maximum atomic E-state index is 12.3. The molecular formula is C21H24N6O2S. The highest BCUT2D eigenvalue weighted by Crippen LogP contribution is 2.24. The van der Waals surface area contributed by atoms with Crippen LogP contribution in [0.15, 0.2) is 47.6 Å². The van der Waals surface area contributed by atoms with Crippen molar-refractivity contribution in [2.24, 2.45) is 0 Å². The molecule has 0 aliphatic heterocycles. The van der Waals surface area contributed by atoms with Gasteiger partial charge in [-0.05, 0) is 46.5 Å². The second kappa shape index (κ2) is 10.0. The first kappa shape index (κ1) is 21.5. The van der Waals surface area contributed by atoms with Crippen molar-refractivity contribution in [1.82, 2.24) is 25.5 Å². The summed E-state index contributed by atoms with van der Waals surface area (Å²) in [6, 6.07) is 13.8. The normalized spacial score (nSPS) is 10.6. The molecule has 30 heavy (non-hydrogen) atoms. The Morgan fingerprint density at radius 2 is 1.87 bits per heavy atom. The van der Waals surface area contributed by atoms with Crippen molar-refractivity contribution in [1.29, 1.82) is 0 Å². The van der Waals surface area contributed by atoms with Crippen molar-refractivity contribution in [3.8, 4) is 0 Å². The summed E-state index contributed by atoms with van der Waals surface area (Å²) in [5.74, 6) is -0.0270. The van der Waals surface area contributed by atoms with E-state index in [1.807, 2.05) is 56.3 Å². The molecule has 156 valence electrons. The Kier molecular flexibility index (Phi) is 7.18. The van der Waals surface area contributed by atoms with Gasteiger partial charge in [0.25, 0.3) is 0 Å². The van der Waals surface area contributed by atoms with E-state index in [-0.39, 0.29) is 17.6 Å². The quantitative estimate of drug-likeness (QED) is 0.539. The first-order valence-corrected chi connectivity index (χ1v) is 10.5. The molecule has 3 rings (SSSR count). The highest BCUT2D eigenvalue weighted by Gasteiger charge is 2.12. The Labute approximate surface area is 179 Å². The maximum absolute atomic E-state index is 12.3. The zero-order valence-electron chi connectivity index (χ0n) is 17.2. The molecule has 0 aliphatic rings. The summed E-state index contributed by atoms with van der Waals surface area (Å²) in [5, 5.41) is 18.1. The molecule has 0 saturated heterocycles. The molecule has 0 bridgehead atoms. The van der Waals surface area contributed by atoms with Gasteiger partial charge >= 0.3 is 0 Å². The molecule has 1 aromatic heterocycles. The maximum Gasteiger partial charge on any atom is 0.230 e. The molecule has 2 amide bonds. The van der Waals surface area contributed by atoms with Crippen LogP contribution in [0.4, 0.5) is 5.69 Å². The third-order valence-electron chi connectivity index (χ3n) is 4.57. The number of carbonyl (C=O) groups is 2. The van der Waals surface area contributed by atoms with Gasteiger partial charge in [0.2, 0.25) is 17.0 Å². The minimum absolute atomic E-state index is 0.115. The lowest BCUT2D eigenvalue weighted by atomic mass is 10.0. The van der Waals surface area contributed by atoms with Crippen LogP contribution in [0.1, 0.15) is 29.2 Å². The molecule has 2 aromatic carbocycles. The van der Waals surface area contributed by atoms with Crippen LogP contribution < -0.4 is 10.6 Å². The smallest absolute Gasteiger partial charge is 0.230 e. The molecule has 3 aromatic rings. The van der Waals surface area contributed by atoms with Crippen LogP contribution in [0.2, 0.25) is 0 Å². The minimum atomic E-state index is -0.119. The summed E-state index contributed by atoms with van der Waals surface area (Å²) >= 11 is 1.29. The first-order valence-electron chi connectivity index (χ1n) is 9.50. The van der Waals surface area contributed by atoms with Crippen molar-refractivity contribution in [3.63, 3.8) is 0 Å². The molecule has 8 nitrogen and oxygen atoms in total. The molecule has 0 aliphatic carbocycles. The predicted molar refractivity (Wildman–Crippen MR) is 116 cm³/mol. The van der Waals surface area contributed by atoms with Crippen LogP contribution in [0.5, 0.6) is 0 Å². The minimum Gasteiger partial charge on any atom is -0.351 e. The fourth-order valence-corrected chi connectivity index (χ4v) is 3.69. The van der Waals surface area contributed by atoms with Crippen molar-refractivity contribution < 1.29 is 9.59 Å². The predicted octanol–water partition coefficient (Wildman–Crippen LogP) is 2.71. The third kappa shape index (κ3) is 5.66. The Morgan fingerprint density at radius 3 is 2.60 bits per heavy atom. The van der Waals surface area contributed by atoms with Crippen molar-refractivity contribution in [2.75, 3.05) is 11.1 Å². The molecule has 0 spiro atoms. The fourth-order valence-electron chi connectivity index (χ4n) is 2.98. The monoisotopic (exact) mass is 424 g/mol. The number of aromatic nitrogens is 4. The van der Waals surface area contributed by atoms with Gasteiger partial charge in [0.15, 0.2) is 0 Å². The SMILES string of the molecule is CC(=O)Nc1c(C)ccc(CNC(=O)CSc2nnnn2Cc2ccccc2)c1C. The summed E-state index contributed by atoms with van der Waals surface area (Å²) in [7, 11) is 0. The topological polar surface area (TPSA) is 102 Å². The Balaban J connectivity index is 1.55. The van der Waals surface area contributed by atoms with Gasteiger partial charge in [-0.2, -0.15) is 0 Å². The van der Waals surface area contributed by atoms with E-state index in [1.165, 1.54) is 18.7 Å². The summed E-state index contributed by atoms with van der Waals surface area (Å²) in [6.45, 7) is 6.29. The lowest BCUT2D eigenvalue weighted by molar-refractivity contribution is -0.118. The number of nitrogens with one attached hydrogen (secondary N) is 2. The highest BCUT2D eigenvalue weighted by atomic mass is 32.2. The Bertz CT molecular complexity index is 1040. The highest BCUT2D eigenvalue weighted by molar-refractivity contribution is 7.99. The molecule has 0 radical (unpaired) electrons. The van der Waals surface area contributed by atoms with Gasteiger partial charge in [-0.1, -0.05) is 54.2 Å². The third-order valence-corrected chi connectivity index (χ3v) is 5.53. The van der Waals surface area contributed by atoms with E-state index in [9.17, 15) is 9.59 Å². The van der Waals surface area contributed by atoms with E-state index in [1.54, 1.807) is 4.68 Å². The number of amides is 2. The largest absolute Gasteiger partial charge is 0.351 e. The van der Waals surface area contributed by atoms with Gasteiger partial charge in [-0.25, -0.2) is 4.68 Å². The van der Waals surface area contributed by atoms with Gasteiger partial charge in [0.05, 0.1) is 12.3 Å². The first-order chi connectivity index (χ1) is 14.4. The number of hydrogen-bond donors (Lipinski definition) is 2. The molecular weight excluding hydrogens is 400 g/mol. The molecule has 0 unspecified atom stereocenters. The van der Waals surface area contributed by atoms with E-state index >= 15 is 0 Å². The lowest BCUT2D eigenvalue weighted by Gasteiger charge is -2.15. The zero-order chi connectivity index (χ0) is 21.5. The molecule has 0 saturated carbocycles. The fraction of sp³-hybridized carbons (Fsp3) is 0.286. The van der Waals surface area contributed by atoms with Crippen LogP contribution >= 0.6 is 11.8 Å². The number of benzene rings is 2. The van der Waals surface area contributed by atoms with Gasteiger partial charge < -0.3 is 10.6 Å². The van der Waals surface area contributed by atoms with Gasteiger partial charge in [0.1, 0.15) is 0 Å². The van der Waals surface area contributed by atoms with Crippen LogP contribution in [0.25, 0.3) is 0 Å². The van der Waals surface area contributed by atoms with Crippen molar-refractivity contribution >= 4 is 29.3 Å². The zero-order valence-corrected chi connectivity index (χ0v) is 18.0. The number of anilines is 1. The number of hydrogen-bond acceptors (Lipinski definition) is 6. The van der Waals surface area contributed by atoms with Crippen molar-refractivity contribution in [2.45, 2.75) is 39.0 Å². The van der Waals surface area contributed by atoms with Crippen molar-refractivity contribution in [3.05, 3.63) is 64.7 Å². The summed E-state index contributed by atoms with van der Waals surface area (Å²) in [5.41, 5.74) is 4.77. The summed E-state index contributed by atoms with van der Waals surface area (Å²) in [4.78, 5) is 23.8. The van der Waals surface area contributed by atoms with Crippen LogP contribution in [-0.2, 0) is 22.7 Å². The standard InChI is InChI=1S/C21H24N6O2S/c1-14-9-10-18(15(2)20(14)23-16(3)28)11-22-19(29)13-30-21-24-25-26-27(21)12-17-7-5-4-6-8-17/h4-10H,11-13H2,1-3H3,(H,22,29)(H,23,28). The molecule has 1 heterocycles. The van der Waals surface area contributed by atoms with E-state index in [0.717, 1.165) is 27.9 Å². The van der Waals surface area contributed by atoms with Crippen LogP contribution in [0.3, 0.4) is 0 Å². The number of rotatable bonds is 8. The molecule has 2 N–H and O–H groups in total. The number of aryl methyl sites for hydroxylation is 1. The van der Waals surface area contributed by atoms with Gasteiger partial charge in [-0.3, -0.25) is 9.59 Å². The number of nitrogens with zero attached hydrogens (tertiary/aromatic N) is 4. The second-order valence-corrected chi connectivity index (χ2v) is 7.84. The van der Waals surface area contributed by atoms with E-state index < -0.39 is 0 Å². The molecule has 0 atom stereocenters. The van der Waals surface area contributed by atoms with Crippen LogP contribution in [-0.4, -0.2) is 37.8 Å². The van der Waals surface area contributed by atoms with E-state index in [4.69, 9.17) is 0 Å². The number of carbonyl (C=O) groups excluding carboxylic acids is 2. The van der Waals surface area contributed by atoms with Gasteiger partial charge in [-0.15, -0.1) is 5.10 Å². The molecule has 0 fully saturated rings.